The first-order chi connectivity index (χ1) is 12.5. The maximum atomic E-state index is 10.2. The van der Waals surface area contributed by atoms with E-state index >= 15 is 0 Å². The standard InChI is InChI=1S/3C6H11BrO2.Am/c3*1-2-3-4-5(7)6(8)9;/h3*5H,2-4H2,1H3,(H,8,9);. The average Bonchev–Trinajstić information content (AvgIpc) is 2.62. The number of alkyl halides is 3. The van der Waals surface area contributed by atoms with Gasteiger partial charge in [-0.05, 0) is 19.3 Å². The summed E-state index contributed by atoms with van der Waals surface area (Å²) in [4.78, 5) is 29.4. The Hall–Kier alpha value is 0.240. The molecule has 3 N–H and O–H groups in total. The molecule has 0 amide bonds. The van der Waals surface area contributed by atoms with E-state index in [1.165, 1.54) is 0 Å². The number of aliphatic carboxylic acids is 3. The molecule has 0 saturated heterocycles. The van der Waals surface area contributed by atoms with Crippen molar-refractivity contribution in [1.82, 2.24) is 0 Å². The van der Waals surface area contributed by atoms with Gasteiger partial charge in [0, 0.05) is 14.3 Å². The molecule has 0 aliphatic rings. The number of unbranched alkanes of at least 4 members (excludes halogenated alkanes) is 3. The third kappa shape index (κ3) is 28.4. The third-order valence-corrected chi connectivity index (χ3v) is 5.79. The van der Waals surface area contributed by atoms with E-state index < -0.39 is 17.9 Å². The summed E-state index contributed by atoms with van der Waals surface area (Å²) >= 11 is 9.13. The van der Waals surface area contributed by atoms with Gasteiger partial charge in [0.15, 0.2) is 0 Å². The number of halogens is 3. The number of hydrogen-bond acceptors (Lipinski definition) is 3. The Morgan fingerprint density at radius 2 is 0.786 bits per heavy atom. The maximum Gasteiger partial charge on any atom is 0.317 e. The van der Waals surface area contributed by atoms with Gasteiger partial charge in [0.25, 0.3) is 0 Å². The van der Waals surface area contributed by atoms with Gasteiger partial charge in [0.2, 0.25) is 0 Å². The molecule has 0 aromatic carbocycles. The van der Waals surface area contributed by atoms with Crippen molar-refractivity contribution >= 4 is 65.7 Å². The molecule has 0 bridgehead atoms. The minimum Gasteiger partial charge on any atom is -0.480 e. The summed E-state index contributed by atoms with van der Waals surface area (Å²) in [7, 11) is 0. The summed E-state index contributed by atoms with van der Waals surface area (Å²) in [5.41, 5.74) is 0. The van der Waals surface area contributed by atoms with Gasteiger partial charge in [-0.3, -0.25) is 14.4 Å². The van der Waals surface area contributed by atoms with E-state index in [1.54, 1.807) is 0 Å². The molecule has 0 aromatic heterocycles. The second-order valence-electron chi connectivity index (χ2n) is 5.84. The van der Waals surface area contributed by atoms with Crippen LogP contribution in [0.3, 0.4) is 0 Å². The van der Waals surface area contributed by atoms with E-state index in [0.29, 0.717) is 0 Å². The number of carboxylic acid groups (broad SMARTS) is 3. The Morgan fingerprint density at radius 3 is 0.893 bits per heavy atom. The van der Waals surface area contributed by atoms with Gasteiger partial charge in [-0.2, -0.15) is 0 Å². The van der Waals surface area contributed by atoms with Gasteiger partial charge in [-0.25, -0.2) is 0 Å². The zero-order chi connectivity index (χ0) is 21.8. The van der Waals surface area contributed by atoms with Crippen LogP contribution in [0.5, 0.6) is 0 Å². The Morgan fingerprint density at radius 1 is 0.607 bits per heavy atom. The monoisotopic (exact) mass is 823 g/mol. The van der Waals surface area contributed by atoms with Crippen LogP contribution in [0.4, 0.5) is 0 Å². The SMILES string of the molecule is CCCCC(Br)C(=O)O.CCCCC(Br)C(=O)O.CCCCC(Br)C(=O)O.[Am]. The van der Waals surface area contributed by atoms with Crippen molar-refractivity contribution in [3.05, 3.63) is 0 Å². The molecule has 10 heteroatoms. The summed E-state index contributed by atoms with van der Waals surface area (Å²) in [6.07, 6.45) is 8.26. The van der Waals surface area contributed by atoms with Gasteiger partial charge in [0.05, 0.1) is 0 Å². The first-order valence-corrected chi connectivity index (χ1v) is 11.9. The predicted molar refractivity (Wildman–Crippen MR) is 120 cm³/mol. The summed E-state index contributed by atoms with van der Waals surface area (Å²) in [5.74, 6) is -2.28. The molecule has 0 fully saturated rings. The van der Waals surface area contributed by atoms with Crippen LogP contribution in [-0.2, 0) is 14.4 Å². The largest absolute Gasteiger partial charge is 0.480 e. The summed E-state index contributed by atoms with van der Waals surface area (Å²) in [5, 5.41) is 25.1. The molecule has 0 aliphatic heterocycles. The topological polar surface area (TPSA) is 112 Å². The van der Waals surface area contributed by atoms with Crippen LogP contribution in [0.1, 0.15) is 78.6 Å². The molecule has 0 aliphatic carbocycles. The van der Waals surface area contributed by atoms with Crippen molar-refractivity contribution in [2.75, 3.05) is 0 Å². The number of hydrogen-bond donors (Lipinski definition) is 3. The molecular weight excluding hydrogens is 795 g/mol. The molecular formula is C18H33AmBr3O6. The van der Waals surface area contributed by atoms with Crippen molar-refractivity contribution < 1.29 is 44.0 Å². The quantitative estimate of drug-likeness (QED) is 0.206. The van der Waals surface area contributed by atoms with Crippen molar-refractivity contribution in [2.24, 2.45) is 0 Å². The molecule has 0 saturated carbocycles. The van der Waals surface area contributed by atoms with E-state index in [-0.39, 0.29) is 28.8 Å². The van der Waals surface area contributed by atoms with E-state index in [0.717, 1.165) is 57.8 Å². The van der Waals surface area contributed by atoms with Gasteiger partial charge in [0.1, 0.15) is 14.5 Å². The van der Waals surface area contributed by atoms with Crippen LogP contribution in [0, 0.1) is 14.3 Å². The Balaban J connectivity index is -0.000000152. The van der Waals surface area contributed by atoms with E-state index in [2.05, 4.69) is 47.8 Å². The second kappa shape index (κ2) is 25.3. The molecule has 1 radical (unpaired) electrons. The van der Waals surface area contributed by atoms with Crippen molar-refractivity contribution in [3.63, 3.8) is 0 Å². The Kier molecular flexibility index (Phi) is 32.2. The van der Waals surface area contributed by atoms with E-state index in [4.69, 9.17) is 15.3 Å². The molecule has 3 unspecified atom stereocenters. The van der Waals surface area contributed by atoms with Gasteiger partial charge >= 0.3 is 17.9 Å². The second-order valence-corrected chi connectivity index (χ2v) is 9.16. The normalized spacial score (nSPS) is 12.6. The van der Waals surface area contributed by atoms with Crippen molar-refractivity contribution in [3.8, 4) is 0 Å². The minimum absolute atomic E-state index is 0. The molecule has 0 spiro atoms. The van der Waals surface area contributed by atoms with Crippen LogP contribution < -0.4 is 0 Å². The average molecular weight is 828 g/mol. The number of carbonyl (C=O) groups is 3. The predicted octanol–water partition coefficient (Wildman–Crippen LogP) is 6.07. The summed E-state index contributed by atoms with van der Waals surface area (Å²) in [6.45, 7) is 6.13. The zero-order valence-electron chi connectivity index (χ0n) is 16.7. The van der Waals surface area contributed by atoms with Gasteiger partial charge in [-0.1, -0.05) is 107 Å². The van der Waals surface area contributed by atoms with Crippen molar-refractivity contribution in [2.45, 2.75) is 93.0 Å². The van der Waals surface area contributed by atoms with Gasteiger partial charge in [-0.15, -0.1) is 0 Å². The third-order valence-electron chi connectivity index (χ3n) is 3.24. The molecule has 6 nitrogen and oxygen atoms in total. The maximum absolute atomic E-state index is 10.2. The first kappa shape index (κ1) is 35.7. The minimum atomic E-state index is -0.761. The van der Waals surface area contributed by atoms with Crippen LogP contribution >= 0.6 is 47.8 Å². The van der Waals surface area contributed by atoms with E-state index in [1.807, 2.05) is 20.8 Å². The fraction of sp³-hybridized carbons (Fsp3) is 0.833. The fourth-order valence-electron chi connectivity index (χ4n) is 1.52. The summed E-state index contributed by atoms with van der Waals surface area (Å²) in [6, 6.07) is 0. The Bertz CT molecular complexity index is 342. The molecule has 28 heavy (non-hydrogen) atoms. The fourth-order valence-corrected chi connectivity index (χ4v) is 2.49. The summed E-state index contributed by atoms with van der Waals surface area (Å²) < 4.78 is 0. The molecule has 169 valence electrons. The van der Waals surface area contributed by atoms with Crippen molar-refractivity contribution in [1.29, 1.82) is 0 Å². The molecule has 0 heterocycles. The number of rotatable bonds is 12. The Labute approximate surface area is 201 Å². The first-order valence-electron chi connectivity index (χ1n) is 9.15. The van der Waals surface area contributed by atoms with Crippen LogP contribution in [0.2, 0.25) is 0 Å². The molecule has 3 atom stereocenters. The van der Waals surface area contributed by atoms with Crippen LogP contribution in [0.15, 0.2) is 0 Å². The molecule has 0 rings (SSSR count). The van der Waals surface area contributed by atoms with Gasteiger partial charge < -0.3 is 15.3 Å². The molecule has 0 aromatic rings. The van der Waals surface area contributed by atoms with E-state index in [9.17, 15) is 14.4 Å². The smallest absolute Gasteiger partial charge is 0.317 e. The number of carboxylic acids is 3. The van der Waals surface area contributed by atoms with Crippen LogP contribution in [-0.4, -0.2) is 47.7 Å². The zero-order valence-corrected chi connectivity index (χ0v) is 24.6. The van der Waals surface area contributed by atoms with Crippen LogP contribution in [0.25, 0.3) is 0 Å².